The SMILES string of the molecule is C[C@@H]1CCCC[C@@H]1NC(=O)NC(=O)CSc1nc2ccccc2c(=O)n1C1CC1. The first-order valence-corrected chi connectivity index (χ1v) is 11.3. The van der Waals surface area contributed by atoms with Crippen molar-refractivity contribution in [3.63, 3.8) is 0 Å². The lowest BCUT2D eigenvalue weighted by molar-refractivity contribution is -0.117. The number of thioether (sulfide) groups is 1. The van der Waals surface area contributed by atoms with Gasteiger partial charge >= 0.3 is 6.03 Å². The van der Waals surface area contributed by atoms with Crippen LogP contribution in [0.15, 0.2) is 34.2 Å². The van der Waals surface area contributed by atoms with E-state index < -0.39 is 6.03 Å². The molecule has 4 rings (SSSR count). The van der Waals surface area contributed by atoms with Gasteiger partial charge in [0.1, 0.15) is 0 Å². The lowest BCUT2D eigenvalue weighted by Gasteiger charge is -2.29. The number of aromatic nitrogens is 2. The van der Waals surface area contributed by atoms with E-state index in [1.54, 1.807) is 16.7 Å². The van der Waals surface area contributed by atoms with Crippen molar-refractivity contribution in [3.8, 4) is 0 Å². The predicted octanol–water partition coefficient (Wildman–Crippen LogP) is 3.23. The average Bonchev–Trinajstić information content (AvgIpc) is 3.53. The average molecular weight is 415 g/mol. The second-order valence-corrected chi connectivity index (χ2v) is 8.94. The molecule has 2 fully saturated rings. The summed E-state index contributed by atoms with van der Waals surface area (Å²) in [4.78, 5) is 41.9. The molecule has 2 N–H and O–H groups in total. The van der Waals surface area contributed by atoms with Crippen LogP contribution in [-0.4, -0.2) is 33.3 Å². The summed E-state index contributed by atoms with van der Waals surface area (Å²) >= 11 is 1.20. The number of para-hydroxylation sites is 1. The van der Waals surface area contributed by atoms with Gasteiger partial charge < -0.3 is 5.32 Å². The maximum Gasteiger partial charge on any atom is 0.321 e. The normalized spacial score (nSPS) is 21.7. The number of carbonyl (C=O) groups is 2. The number of carbonyl (C=O) groups excluding carboxylic acids is 2. The van der Waals surface area contributed by atoms with Crippen molar-refractivity contribution >= 4 is 34.6 Å². The lowest BCUT2D eigenvalue weighted by atomic mass is 9.86. The minimum Gasteiger partial charge on any atom is -0.335 e. The van der Waals surface area contributed by atoms with E-state index in [9.17, 15) is 14.4 Å². The van der Waals surface area contributed by atoms with Crippen molar-refractivity contribution in [1.29, 1.82) is 0 Å². The molecule has 1 aromatic heterocycles. The maximum absolute atomic E-state index is 12.9. The van der Waals surface area contributed by atoms with Gasteiger partial charge in [0.25, 0.3) is 5.56 Å². The van der Waals surface area contributed by atoms with Crippen LogP contribution < -0.4 is 16.2 Å². The Morgan fingerprint density at radius 2 is 1.93 bits per heavy atom. The van der Waals surface area contributed by atoms with Crippen molar-refractivity contribution in [2.24, 2.45) is 5.92 Å². The number of urea groups is 1. The Balaban J connectivity index is 1.40. The van der Waals surface area contributed by atoms with E-state index >= 15 is 0 Å². The Kier molecular flexibility index (Phi) is 5.89. The summed E-state index contributed by atoms with van der Waals surface area (Å²) in [5.74, 6) is 0.0694. The van der Waals surface area contributed by atoms with Gasteiger partial charge in [-0.2, -0.15) is 0 Å². The monoisotopic (exact) mass is 414 g/mol. The second-order valence-electron chi connectivity index (χ2n) is 8.00. The van der Waals surface area contributed by atoms with E-state index in [-0.39, 0.29) is 29.3 Å². The summed E-state index contributed by atoms with van der Waals surface area (Å²) in [6.07, 6.45) is 6.24. The standard InChI is InChI=1S/C21H26N4O3S/c1-13-6-2-4-8-16(13)22-20(28)24-18(26)12-29-21-23-17-9-5-3-7-15(17)19(27)25(21)14-10-11-14/h3,5,7,9,13-14,16H,2,4,6,8,10-12H2,1H3,(H2,22,24,26,28)/t13-,16+/m1/s1. The number of amides is 3. The molecule has 3 amide bonds. The third-order valence-electron chi connectivity index (χ3n) is 5.70. The van der Waals surface area contributed by atoms with Gasteiger partial charge in [0.15, 0.2) is 5.16 Å². The number of nitrogens with zero attached hydrogens (tertiary/aromatic N) is 2. The molecule has 29 heavy (non-hydrogen) atoms. The van der Waals surface area contributed by atoms with Gasteiger partial charge in [0, 0.05) is 12.1 Å². The first-order valence-electron chi connectivity index (χ1n) is 10.3. The highest BCUT2D eigenvalue weighted by Gasteiger charge is 2.29. The second kappa shape index (κ2) is 8.57. The molecule has 0 bridgehead atoms. The minimum atomic E-state index is -0.444. The van der Waals surface area contributed by atoms with Gasteiger partial charge in [0.2, 0.25) is 5.91 Å². The number of benzene rings is 1. The van der Waals surface area contributed by atoms with Crippen LogP contribution in [0.25, 0.3) is 10.9 Å². The smallest absolute Gasteiger partial charge is 0.321 e. The van der Waals surface area contributed by atoms with Crippen molar-refractivity contribution in [2.75, 3.05) is 5.75 Å². The van der Waals surface area contributed by atoms with Crippen LogP contribution >= 0.6 is 11.8 Å². The Hall–Kier alpha value is -2.35. The van der Waals surface area contributed by atoms with Crippen LogP contribution in [0.2, 0.25) is 0 Å². The summed E-state index contributed by atoms with van der Waals surface area (Å²) in [5, 5.41) is 6.46. The largest absolute Gasteiger partial charge is 0.335 e. The van der Waals surface area contributed by atoms with Crippen LogP contribution in [0.4, 0.5) is 4.79 Å². The summed E-state index contributed by atoms with van der Waals surface area (Å²) < 4.78 is 1.70. The molecule has 2 aromatic rings. The minimum absolute atomic E-state index is 0.0329. The van der Waals surface area contributed by atoms with Gasteiger partial charge in [-0.25, -0.2) is 9.78 Å². The Bertz CT molecular complexity index is 986. The fourth-order valence-corrected chi connectivity index (χ4v) is 4.78. The molecule has 7 nitrogen and oxygen atoms in total. The Morgan fingerprint density at radius 1 is 1.17 bits per heavy atom. The molecule has 154 valence electrons. The number of hydrogen-bond acceptors (Lipinski definition) is 5. The molecule has 2 saturated carbocycles. The summed E-state index contributed by atoms with van der Waals surface area (Å²) in [7, 11) is 0. The first kappa shape index (κ1) is 19.9. The van der Waals surface area contributed by atoms with Gasteiger partial charge in [0.05, 0.1) is 16.7 Å². The molecule has 8 heteroatoms. The molecule has 1 heterocycles. The molecule has 2 atom stereocenters. The molecule has 0 radical (unpaired) electrons. The van der Waals surface area contributed by atoms with Crippen LogP contribution in [0.1, 0.15) is 51.5 Å². The number of imide groups is 1. The molecule has 0 spiro atoms. The highest BCUT2D eigenvalue weighted by atomic mass is 32.2. The van der Waals surface area contributed by atoms with Gasteiger partial charge in [-0.15, -0.1) is 0 Å². The molecule has 1 aromatic carbocycles. The number of hydrogen-bond donors (Lipinski definition) is 2. The Morgan fingerprint density at radius 3 is 2.69 bits per heavy atom. The lowest BCUT2D eigenvalue weighted by Crippen LogP contribution is -2.48. The van der Waals surface area contributed by atoms with Gasteiger partial charge in [-0.1, -0.05) is 43.7 Å². The van der Waals surface area contributed by atoms with E-state index in [0.29, 0.717) is 22.0 Å². The fourth-order valence-electron chi connectivity index (χ4n) is 3.91. The molecular weight excluding hydrogens is 388 g/mol. The van der Waals surface area contributed by atoms with Crippen LogP contribution in [-0.2, 0) is 4.79 Å². The van der Waals surface area contributed by atoms with E-state index in [2.05, 4.69) is 22.5 Å². The zero-order valence-corrected chi connectivity index (χ0v) is 17.3. The zero-order valence-electron chi connectivity index (χ0n) is 16.5. The van der Waals surface area contributed by atoms with Crippen LogP contribution in [0, 0.1) is 5.92 Å². The highest BCUT2D eigenvalue weighted by molar-refractivity contribution is 7.99. The number of fused-ring (bicyclic) bond motifs is 1. The van der Waals surface area contributed by atoms with E-state index in [1.807, 2.05) is 12.1 Å². The van der Waals surface area contributed by atoms with Gasteiger partial charge in [-0.3, -0.25) is 19.5 Å². The Labute approximate surface area is 173 Å². The highest BCUT2D eigenvalue weighted by Crippen LogP contribution is 2.36. The number of rotatable bonds is 5. The third kappa shape index (κ3) is 4.63. The van der Waals surface area contributed by atoms with Crippen LogP contribution in [0.5, 0.6) is 0 Å². The summed E-state index contributed by atoms with van der Waals surface area (Å²) in [5.41, 5.74) is 0.561. The van der Waals surface area contributed by atoms with E-state index in [1.165, 1.54) is 18.2 Å². The fraction of sp³-hybridized carbons (Fsp3) is 0.524. The van der Waals surface area contributed by atoms with Crippen LogP contribution in [0.3, 0.4) is 0 Å². The molecule has 0 aliphatic heterocycles. The topological polar surface area (TPSA) is 93.1 Å². The van der Waals surface area contributed by atoms with E-state index in [0.717, 1.165) is 32.1 Å². The van der Waals surface area contributed by atoms with E-state index in [4.69, 9.17) is 0 Å². The zero-order chi connectivity index (χ0) is 20.4. The van der Waals surface area contributed by atoms with Crippen molar-refractivity contribution in [2.45, 2.75) is 62.7 Å². The van der Waals surface area contributed by atoms with Crippen molar-refractivity contribution < 1.29 is 9.59 Å². The molecule has 0 saturated heterocycles. The quantitative estimate of drug-likeness (QED) is 0.579. The summed E-state index contributed by atoms with van der Waals surface area (Å²) in [6.45, 7) is 2.13. The maximum atomic E-state index is 12.9. The van der Waals surface area contributed by atoms with Crippen molar-refractivity contribution in [3.05, 3.63) is 34.6 Å². The van der Waals surface area contributed by atoms with Crippen molar-refractivity contribution in [1.82, 2.24) is 20.2 Å². The molecule has 2 aliphatic carbocycles. The summed E-state index contributed by atoms with van der Waals surface area (Å²) in [6, 6.07) is 7.08. The third-order valence-corrected chi connectivity index (χ3v) is 6.65. The van der Waals surface area contributed by atoms with Gasteiger partial charge in [-0.05, 0) is 43.7 Å². The first-order chi connectivity index (χ1) is 14.0. The molecular formula is C21H26N4O3S. The predicted molar refractivity (Wildman–Crippen MR) is 113 cm³/mol. The number of nitrogens with one attached hydrogen (secondary N) is 2. The molecule has 2 aliphatic rings. The molecule has 0 unspecified atom stereocenters.